The maximum Gasteiger partial charge on any atom is 0.212 e. The average molecular weight is 191 g/mol. The van der Waals surface area contributed by atoms with E-state index in [9.17, 15) is 0 Å². The second-order valence-corrected chi connectivity index (χ2v) is 4.36. The fourth-order valence-electron chi connectivity index (χ4n) is 1.24. The first-order chi connectivity index (χ1) is 6.45. The smallest absolute Gasteiger partial charge is 0.212 e. The number of methoxy groups -OCH3 is 1. The molecule has 0 aromatic heterocycles. The Bertz CT molecular complexity index is 319. The molecule has 2 heteroatoms. The third-order valence-electron chi connectivity index (χ3n) is 2.22. The zero-order valence-electron chi connectivity index (χ0n) is 9.22. The predicted octanol–water partition coefficient (Wildman–Crippen LogP) is 2.96. The van der Waals surface area contributed by atoms with Crippen molar-refractivity contribution in [2.75, 3.05) is 7.11 Å². The molecule has 1 rings (SSSR count). The maximum absolute atomic E-state index is 7.48. The van der Waals surface area contributed by atoms with Crippen molar-refractivity contribution in [2.24, 2.45) is 0 Å². The lowest BCUT2D eigenvalue weighted by atomic mass is 9.87. The van der Waals surface area contributed by atoms with Crippen LogP contribution in [0.3, 0.4) is 0 Å². The zero-order valence-corrected chi connectivity index (χ0v) is 9.22. The Morgan fingerprint density at radius 1 is 1.14 bits per heavy atom. The van der Waals surface area contributed by atoms with Gasteiger partial charge >= 0.3 is 0 Å². The van der Waals surface area contributed by atoms with Crippen molar-refractivity contribution in [3.8, 4) is 0 Å². The Hall–Kier alpha value is -1.31. The zero-order chi connectivity index (χ0) is 10.8. The number of ether oxygens (including phenoxy) is 1. The first-order valence-corrected chi connectivity index (χ1v) is 4.68. The fraction of sp³-hybridized carbons (Fsp3) is 0.417. The standard InChI is InChI=1S/C12H17NO/c1-12(2,3)10-7-5-9(6-8-10)11(13)14-4/h5-8,13H,1-4H3. The van der Waals surface area contributed by atoms with Crippen LogP contribution in [0.15, 0.2) is 24.3 Å². The average Bonchev–Trinajstić information content (AvgIpc) is 2.15. The van der Waals surface area contributed by atoms with Crippen LogP contribution >= 0.6 is 0 Å². The molecule has 0 atom stereocenters. The summed E-state index contributed by atoms with van der Waals surface area (Å²) in [7, 11) is 1.51. The van der Waals surface area contributed by atoms with E-state index < -0.39 is 0 Å². The molecule has 1 aromatic carbocycles. The summed E-state index contributed by atoms with van der Waals surface area (Å²) in [5.74, 6) is 0.213. The number of hydrogen-bond acceptors (Lipinski definition) is 2. The van der Waals surface area contributed by atoms with E-state index in [4.69, 9.17) is 10.1 Å². The molecule has 1 aromatic rings. The van der Waals surface area contributed by atoms with E-state index in [0.29, 0.717) is 0 Å². The minimum absolute atomic E-state index is 0.161. The van der Waals surface area contributed by atoms with Gasteiger partial charge in [-0.1, -0.05) is 32.9 Å². The van der Waals surface area contributed by atoms with Crippen LogP contribution < -0.4 is 0 Å². The van der Waals surface area contributed by atoms with Gasteiger partial charge in [0.25, 0.3) is 0 Å². The van der Waals surface area contributed by atoms with Crippen molar-refractivity contribution in [1.29, 1.82) is 5.41 Å². The van der Waals surface area contributed by atoms with Crippen LogP contribution in [0.4, 0.5) is 0 Å². The Kier molecular flexibility index (Phi) is 2.94. The SMILES string of the molecule is COC(=N)c1ccc(C(C)(C)C)cc1. The van der Waals surface area contributed by atoms with E-state index in [-0.39, 0.29) is 11.3 Å². The molecule has 2 nitrogen and oxygen atoms in total. The molecule has 0 aliphatic heterocycles. The molecule has 0 saturated heterocycles. The number of rotatable bonds is 1. The molecule has 0 aliphatic carbocycles. The highest BCUT2D eigenvalue weighted by Crippen LogP contribution is 2.22. The molecule has 76 valence electrons. The molecule has 0 amide bonds. The van der Waals surface area contributed by atoms with Gasteiger partial charge in [-0.25, -0.2) is 0 Å². The van der Waals surface area contributed by atoms with Crippen LogP contribution in [-0.4, -0.2) is 13.0 Å². The van der Waals surface area contributed by atoms with E-state index in [1.807, 2.05) is 24.3 Å². The topological polar surface area (TPSA) is 33.1 Å². The molecule has 0 fully saturated rings. The summed E-state index contributed by atoms with van der Waals surface area (Å²) in [6, 6.07) is 7.94. The van der Waals surface area contributed by atoms with E-state index in [2.05, 4.69) is 20.8 Å². The van der Waals surface area contributed by atoms with Crippen molar-refractivity contribution in [1.82, 2.24) is 0 Å². The first-order valence-electron chi connectivity index (χ1n) is 4.68. The van der Waals surface area contributed by atoms with Gasteiger partial charge in [0.15, 0.2) is 0 Å². The van der Waals surface area contributed by atoms with Gasteiger partial charge in [-0.3, -0.25) is 5.41 Å². The van der Waals surface area contributed by atoms with Crippen LogP contribution in [0, 0.1) is 5.41 Å². The van der Waals surface area contributed by atoms with Gasteiger partial charge in [0.1, 0.15) is 0 Å². The molecule has 0 spiro atoms. The highest BCUT2D eigenvalue weighted by atomic mass is 16.5. The summed E-state index contributed by atoms with van der Waals surface area (Å²) in [5.41, 5.74) is 2.25. The van der Waals surface area contributed by atoms with Gasteiger partial charge in [-0.2, -0.15) is 0 Å². The molecule has 0 radical (unpaired) electrons. The van der Waals surface area contributed by atoms with Crippen molar-refractivity contribution in [2.45, 2.75) is 26.2 Å². The highest BCUT2D eigenvalue weighted by molar-refractivity contribution is 5.91. The van der Waals surface area contributed by atoms with Crippen molar-refractivity contribution in [3.63, 3.8) is 0 Å². The van der Waals surface area contributed by atoms with E-state index in [1.54, 1.807) is 0 Å². The second kappa shape index (κ2) is 3.82. The van der Waals surface area contributed by atoms with E-state index >= 15 is 0 Å². The molecule has 0 heterocycles. The number of nitrogens with one attached hydrogen (secondary N) is 1. The van der Waals surface area contributed by atoms with Gasteiger partial charge in [0, 0.05) is 5.56 Å². The normalized spacial score (nSPS) is 11.1. The Balaban J connectivity index is 2.95. The molecular formula is C12H17NO. The Morgan fingerprint density at radius 2 is 1.64 bits per heavy atom. The van der Waals surface area contributed by atoms with Crippen LogP contribution in [0.25, 0.3) is 0 Å². The monoisotopic (exact) mass is 191 g/mol. The minimum Gasteiger partial charge on any atom is -0.481 e. The summed E-state index contributed by atoms with van der Waals surface area (Å²) in [5, 5.41) is 7.48. The quantitative estimate of drug-likeness (QED) is 0.537. The van der Waals surface area contributed by atoms with Gasteiger partial charge in [0.05, 0.1) is 7.11 Å². The molecule has 0 bridgehead atoms. The van der Waals surface area contributed by atoms with E-state index in [0.717, 1.165) is 5.56 Å². The number of hydrogen-bond donors (Lipinski definition) is 1. The number of benzene rings is 1. The van der Waals surface area contributed by atoms with Crippen molar-refractivity contribution >= 4 is 5.90 Å². The highest BCUT2D eigenvalue weighted by Gasteiger charge is 2.13. The van der Waals surface area contributed by atoms with Crippen LogP contribution in [0.2, 0.25) is 0 Å². The molecular weight excluding hydrogens is 174 g/mol. The molecule has 0 aliphatic rings. The predicted molar refractivity (Wildman–Crippen MR) is 59.0 cm³/mol. The molecule has 0 unspecified atom stereocenters. The molecule has 1 N–H and O–H groups in total. The molecule has 0 saturated carbocycles. The largest absolute Gasteiger partial charge is 0.481 e. The summed E-state index contributed by atoms with van der Waals surface area (Å²) in [4.78, 5) is 0. The lowest BCUT2D eigenvalue weighted by molar-refractivity contribution is 0.401. The maximum atomic E-state index is 7.48. The second-order valence-electron chi connectivity index (χ2n) is 4.36. The third kappa shape index (κ3) is 2.34. The van der Waals surface area contributed by atoms with Gasteiger partial charge in [-0.15, -0.1) is 0 Å². The summed E-state index contributed by atoms with van der Waals surface area (Å²) in [6.45, 7) is 6.51. The van der Waals surface area contributed by atoms with Gasteiger partial charge in [-0.05, 0) is 23.1 Å². The lowest BCUT2D eigenvalue weighted by Crippen LogP contribution is -2.11. The van der Waals surface area contributed by atoms with Crippen LogP contribution in [0.1, 0.15) is 31.9 Å². The van der Waals surface area contributed by atoms with Crippen LogP contribution in [-0.2, 0) is 10.2 Å². The Labute approximate surface area is 85.4 Å². The fourth-order valence-corrected chi connectivity index (χ4v) is 1.24. The lowest BCUT2D eigenvalue weighted by Gasteiger charge is -2.19. The van der Waals surface area contributed by atoms with Crippen LogP contribution in [0.5, 0.6) is 0 Å². The summed E-state index contributed by atoms with van der Waals surface area (Å²) < 4.78 is 4.85. The van der Waals surface area contributed by atoms with E-state index in [1.165, 1.54) is 12.7 Å². The third-order valence-corrected chi connectivity index (χ3v) is 2.22. The Morgan fingerprint density at radius 3 is 2.00 bits per heavy atom. The van der Waals surface area contributed by atoms with Crippen molar-refractivity contribution < 1.29 is 4.74 Å². The summed E-state index contributed by atoms with van der Waals surface area (Å²) in [6.07, 6.45) is 0. The van der Waals surface area contributed by atoms with Gasteiger partial charge in [0.2, 0.25) is 5.90 Å². The van der Waals surface area contributed by atoms with Crippen molar-refractivity contribution in [3.05, 3.63) is 35.4 Å². The summed E-state index contributed by atoms with van der Waals surface area (Å²) >= 11 is 0. The molecule has 14 heavy (non-hydrogen) atoms. The first kappa shape index (κ1) is 10.8. The minimum atomic E-state index is 0.161. The van der Waals surface area contributed by atoms with Gasteiger partial charge < -0.3 is 4.74 Å².